The van der Waals surface area contributed by atoms with Crippen molar-refractivity contribution >= 4 is 18.2 Å². The van der Waals surface area contributed by atoms with E-state index in [0.29, 0.717) is 17.9 Å². The molecule has 0 aliphatic heterocycles. The fourth-order valence-electron chi connectivity index (χ4n) is 2.56. The largest absolute Gasteiger partial charge is 0.347 e. The van der Waals surface area contributed by atoms with Gasteiger partial charge in [-0.1, -0.05) is 53.4 Å². The lowest BCUT2D eigenvalue weighted by Crippen LogP contribution is -2.55. The van der Waals surface area contributed by atoms with Gasteiger partial charge in [0.25, 0.3) is 0 Å². The van der Waals surface area contributed by atoms with Crippen LogP contribution in [0.15, 0.2) is 0 Å². The van der Waals surface area contributed by atoms with Crippen molar-refractivity contribution < 1.29 is 19.6 Å². The molecule has 0 spiro atoms. The van der Waals surface area contributed by atoms with Crippen molar-refractivity contribution in [3.8, 4) is 0 Å². The van der Waals surface area contributed by atoms with Gasteiger partial charge in [0.2, 0.25) is 18.2 Å². The van der Waals surface area contributed by atoms with Crippen molar-refractivity contribution in [1.82, 2.24) is 15.3 Å². The first-order valence-corrected chi connectivity index (χ1v) is 8.96. The average Bonchev–Trinajstić information content (AvgIpc) is 2.52. The average molecular weight is 357 g/mol. The molecule has 0 rings (SSSR count). The van der Waals surface area contributed by atoms with Crippen molar-refractivity contribution in [2.45, 2.75) is 65.8 Å². The number of hydrogen-bond acceptors (Lipinski definition) is 4. The summed E-state index contributed by atoms with van der Waals surface area (Å²) in [5, 5.41) is 12.8. The van der Waals surface area contributed by atoms with Crippen LogP contribution in [0.5, 0.6) is 0 Å². The van der Waals surface area contributed by atoms with Crippen LogP contribution < -0.4 is 5.32 Å². The minimum absolute atomic E-state index is 0.0749. The first-order valence-electron chi connectivity index (χ1n) is 8.96. The van der Waals surface area contributed by atoms with Gasteiger partial charge in [-0.25, -0.2) is 5.06 Å². The highest BCUT2D eigenvalue weighted by Gasteiger charge is 2.35. The second-order valence-electron chi connectivity index (χ2n) is 7.81. The van der Waals surface area contributed by atoms with Crippen molar-refractivity contribution in [2.24, 2.45) is 11.3 Å². The normalized spacial score (nSPS) is 13.7. The first kappa shape index (κ1) is 23.4. The third kappa shape index (κ3) is 8.86. The molecule has 7 nitrogen and oxygen atoms in total. The number of hydrogen-bond donors (Lipinski definition) is 2. The summed E-state index contributed by atoms with van der Waals surface area (Å²) in [4.78, 5) is 37.3. The van der Waals surface area contributed by atoms with Crippen molar-refractivity contribution in [3.63, 3.8) is 0 Å². The summed E-state index contributed by atoms with van der Waals surface area (Å²) >= 11 is 0. The van der Waals surface area contributed by atoms with E-state index < -0.39 is 17.4 Å². The molecule has 0 radical (unpaired) electrons. The number of likely N-dealkylation sites (N-methyl/N-ethyl adjacent to an activating group) is 1. The van der Waals surface area contributed by atoms with Gasteiger partial charge in [0.05, 0.1) is 12.5 Å². The molecule has 0 unspecified atom stereocenters. The third-order valence-electron chi connectivity index (χ3n) is 4.15. The van der Waals surface area contributed by atoms with Gasteiger partial charge in [-0.2, -0.15) is 0 Å². The number of amides is 3. The minimum atomic E-state index is -0.670. The number of hydroxylamine groups is 2. The highest BCUT2D eigenvalue weighted by molar-refractivity contribution is 5.89. The predicted molar refractivity (Wildman–Crippen MR) is 96.9 cm³/mol. The van der Waals surface area contributed by atoms with Crippen LogP contribution in [0.4, 0.5) is 0 Å². The minimum Gasteiger partial charge on any atom is -0.347 e. The molecule has 0 aromatic carbocycles. The van der Waals surface area contributed by atoms with Crippen molar-refractivity contribution in [1.29, 1.82) is 0 Å². The summed E-state index contributed by atoms with van der Waals surface area (Å²) in [6.07, 6.45) is 4.84. The van der Waals surface area contributed by atoms with E-state index in [4.69, 9.17) is 0 Å². The van der Waals surface area contributed by atoms with Crippen LogP contribution in [0.1, 0.15) is 59.8 Å². The summed E-state index contributed by atoms with van der Waals surface area (Å²) < 4.78 is 0. The van der Waals surface area contributed by atoms with E-state index in [9.17, 15) is 19.6 Å². The molecule has 2 atom stereocenters. The van der Waals surface area contributed by atoms with E-state index in [1.165, 1.54) is 4.90 Å². The van der Waals surface area contributed by atoms with Crippen LogP contribution in [0.3, 0.4) is 0 Å². The molecule has 0 heterocycles. The fourth-order valence-corrected chi connectivity index (χ4v) is 2.56. The maximum atomic E-state index is 12.7. The lowest BCUT2D eigenvalue weighted by molar-refractivity contribution is -0.155. The summed E-state index contributed by atoms with van der Waals surface area (Å²) in [5.74, 6) is -1.04. The molecular formula is C18H35N3O4. The van der Waals surface area contributed by atoms with Crippen LogP contribution in [0.2, 0.25) is 0 Å². The highest BCUT2D eigenvalue weighted by Crippen LogP contribution is 2.22. The molecule has 146 valence electrons. The Labute approximate surface area is 151 Å². The van der Waals surface area contributed by atoms with Gasteiger partial charge in [-0.3, -0.25) is 19.6 Å². The number of nitrogens with one attached hydrogen (secondary N) is 1. The topological polar surface area (TPSA) is 90.0 Å². The monoisotopic (exact) mass is 357 g/mol. The molecular weight excluding hydrogens is 322 g/mol. The Kier molecular flexibility index (Phi) is 10.4. The number of nitrogens with zero attached hydrogens (tertiary/aromatic N) is 2. The maximum Gasteiger partial charge on any atom is 0.245 e. The molecule has 0 saturated heterocycles. The molecule has 0 saturated carbocycles. The molecule has 0 aromatic heterocycles. The summed E-state index contributed by atoms with van der Waals surface area (Å²) in [7, 11) is 3.30. The van der Waals surface area contributed by atoms with Gasteiger partial charge in [0, 0.05) is 14.1 Å². The molecule has 2 N–H and O–H groups in total. The van der Waals surface area contributed by atoms with Crippen LogP contribution in [0, 0.1) is 11.3 Å². The SMILES string of the molecule is CCCCCC[C@H](CN(O)C=O)C(=O)N[C@H](C(=O)N(C)C)C(C)(C)C. The highest BCUT2D eigenvalue weighted by atomic mass is 16.5. The Bertz CT molecular complexity index is 433. The molecule has 0 fully saturated rings. The Morgan fingerprint density at radius 1 is 1.16 bits per heavy atom. The van der Waals surface area contributed by atoms with E-state index in [-0.39, 0.29) is 18.4 Å². The smallest absolute Gasteiger partial charge is 0.245 e. The molecule has 0 bridgehead atoms. The van der Waals surface area contributed by atoms with Gasteiger partial charge in [0.15, 0.2) is 0 Å². The van der Waals surface area contributed by atoms with E-state index in [2.05, 4.69) is 12.2 Å². The number of carbonyl (C=O) groups excluding carboxylic acids is 3. The Morgan fingerprint density at radius 2 is 1.76 bits per heavy atom. The van der Waals surface area contributed by atoms with E-state index >= 15 is 0 Å². The summed E-state index contributed by atoms with van der Waals surface area (Å²) in [6, 6.07) is -0.670. The third-order valence-corrected chi connectivity index (χ3v) is 4.15. The van der Waals surface area contributed by atoms with E-state index in [1.807, 2.05) is 20.8 Å². The van der Waals surface area contributed by atoms with Crippen molar-refractivity contribution in [3.05, 3.63) is 0 Å². The van der Waals surface area contributed by atoms with Crippen LogP contribution >= 0.6 is 0 Å². The summed E-state index contributed by atoms with van der Waals surface area (Å²) in [6.45, 7) is 7.69. The Balaban J connectivity index is 5.10. The fraction of sp³-hybridized carbons (Fsp3) is 0.833. The van der Waals surface area contributed by atoms with Gasteiger partial charge < -0.3 is 10.2 Å². The zero-order chi connectivity index (χ0) is 19.6. The standard InChI is InChI=1S/C18H35N3O4/c1-7-8-9-10-11-14(12-21(25)13-22)16(23)19-15(18(2,3)4)17(24)20(5)6/h13-15,25H,7-12H2,1-6H3,(H,19,23)/t14-,15-/m1/s1. The van der Waals surface area contributed by atoms with E-state index in [0.717, 1.165) is 25.7 Å². The molecule has 25 heavy (non-hydrogen) atoms. The van der Waals surface area contributed by atoms with Crippen LogP contribution in [0.25, 0.3) is 0 Å². The zero-order valence-electron chi connectivity index (χ0n) is 16.5. The van der Waals surface area contributed by atoms with Gasteiger partial charge in [-0.15, -0.1) is 0 Å². The van der Waals surface area contributed by atoms with E-state index in [1.54, 1.807) is 14.1 Å². The van der Waals surface area contributed by atoms with Gasteiger partial charge >= 0.3 is 0 Å². The zero-order valence-corrected chi connectivity index (χ0v) is 16.5. The maximum absolute atomic E-state index is 12.7. The molecule has 0 aliphatic carbocycles. The number of unbranched alkanes of at least 4 members (excludes halogenated alkanes) is 3. The second kappa shape index (κ2) is 11.1. The predicted octanol–water partition coefficient (Wildman–Crippen LogP) is 2.04. The van der Waals surface area contributed by atoms with Crippen molar-refractivity contribution in [2.75, 3.05) is 20.6 Å². The Hall–Kier alpha value is -1.63. The lowest BCUT2D eigenvalue weighted by atomic mass is 9.85. The molecule has 0 aliphatic rings. The second-order valence-corrected chi connectivity index (χ2v) is 7.81. The lowest BCUT2D eigenvalue weighted by Gasteiger charge is -2.33. The first-order chi connectivity index (χ1) is 11.5. The molecule has 0 aromatic rings. The number of rotatable bonds is 11. The quantitative estimate of drug-likeness (QED) is 0.256. The molecule has 3 amide bonds. The van der Waals surface area contributed by atoms with Gasteiger partial charge in [0.1, 0.15) is 6.04 Å². The van der Waals surface area contributed by atoms with Crippen LogP contribution in [-0.2, 0) is 14.4 Å². The van der Waals surface area contributed by atoms with Crippen LogP contribution in [-0.4, -0.2) is 60.1 Å². The van der Waals surface area contributed by atoms with Gasteiger partial charge in [-0.05, 0) is 11.8 Å². The Morgan fingerprint density at radius 3 is 2.20 bits per heavy atom. The summed E-state index contributed by atoms with van der Waals surface area (Å²) in [5.41, 5.74) is -0.451. The number of carbonyl (C=O) groups is 3. The molecule has 7 heteroatoms.